The molecule has 0 atom stereocenters. The van der Waals surface area contributed by atoms with Crippen LogP contribution in [0.1, 0.15) is 60.8 Å². The molecule has 2 aromatic carbocycles. The molecule has 216 valence electrons. The number of amides is 2. The van der Waals surface area contributed by atoms with E-state index >= 15 is 0 Å². The molecule has 1 saturated heterocycles. The van der Waals surface area contributed by atoms with Crippen molar-refractivity contribution < 1.29 is 28.6 Å². The molecular formula is C31H36N4O6. The molecule has 0 unspecified atom stereocenters. The second-order valence-electron chi connectivity index (χ2n) is 11.4. The van der Waals surface area contributed by atoms with Crippen LogP contribution in [0.4, 0.5) is 9.59 Å². The van der Waals surface area contributed by atoms with E-state index in [2.05, 4.69) is 29.4 Å². The second kappa shape index (κ2) is 11.3. The number of ether oxygens (including phenoxy) is 3. The van der Waals surface area contributed by atoms with Crippen LogP contribution in [0.2, 0.25) is 0 Å². The van der Waals surface area contributed by atoms with E-state index in [4.69, 9.17) is 14.2 Å². The highest BCUT2D eigenvalue weighted by Crippen LogP contribution is 2.44. The Balaban J connectivity index is 1.35. The number of fused-ring (bicyclic) bond motifs is 3. The first-order valence-electron chi connectivity index (χ1n) is 13.8. The van der Waals surface area contributed by atoms with Crippen LogP contribution in [0, 0.1) is 0 Å². The van der Waals surface area contributed by atoms with Crippen LogP contribution in [0.3, 0.4) is 0 Å². The van der Waals surface area contributed by atoms with Crippen molar-refractivity contribution in [1.29, 1.82) is 0 Å². The fourth-order valence-electron chi connectivity index (χ4n) is 5.36. The fraction of sp³-hybridized carbons (Fsp3) is 0.419. The normalized spacial score (nSPS) is 14.6. The van der Waals surface area contributed by atoms with Crippen LogP contribution in [-0.4, -0.2) is 75.7 Å². The topological polar surface area (TPSA) is 103 Å². The average molecular weight is 561 g/mol. The van der Waals surface area contributed by atoms with E-state index in [9.17, 15) is 14.4 Å². The molecule has 3 aromatic rings. The molecule has 10 nitrogen and oxygen atoms in total. The first-order valence-corrected chi connectivity index (χ1v) is 13.8. The van der Waals surface area contributed by atoms with Crippen molar-refractivity contribution in [3.8, 4) is 11.1 Å². The number of esters is 1. The molecule has 1 aliphatic heterocycles. The monoisotopic (exact) mass is 560 g/mol. The highest BCUT2D eigenvalue weighted by Gasteiger charge is 2.41. The van der Waals surface area contributed by atoms with Crippen LogP contribution in [-0.2, 0) is 27.8 Å². The number of carbonyl (C=O) groups excluding carboxylic acids is 3. The van der Waals surface area contributed by atoms with Gasteiger partial charge in [0.05, 0.1) is 19.2 Å². The maximum absolute atomic E-state index is 13.7. The number of likely N-dealkylation sites (tertiary alicyclic amines) is 1. The summed E-state index contributed by atoms with van der Waals surface area (Å²) >= 11 is 0. The van der Waals surface area contributed by atoms with Crippen molar-refractivity contribution in [3.63, 3.8) is 0 Å². The zero-order valence-electron chi connectivity index (χ0n) is 24.1. The number of hydrogen-bond donors (Lipinski definition) is 0. The van der Waals surface area contributed by atoms with E-state index in [0.717, 1.165) is 22.3 Å². The molecule has 1 aromatic heterocycles. The predicted octanol–water partition coefficient (Wildman–Crippen LogP) is 4.97. The lowest BCUT2D eigenvalue weighted by molar-refractivity contribution is -0.0176. The minimum absolute atomic E-state index is 0.0749. The van der Waals surface area contributed by atoms with Gasteiger partial charge in [0.25, 0.3) is 0 Å². The molecule has 2 heterocycles. The Morgan fingerprint density at radius 2 is 1.59 bits per heavy atom. The second-order valence-corrected chi connectivity index (χ2v) is 11.4. The largest absolute Gasteiger partial charge is 0.461 e. The zero-order chi connectivity index (χ0) is 29.3. The third-order valence-electron chi connectivity index (χ3n) is 7.24. The molecular weight excluding hydrogens is 524 g/mol. The maximum atomic E-state index is 13.7. The van der Waals surface area contributed by atoms with E-state index in [1.165, 1.54) is 4.68 Å². The average Bonchev–Trinajstić information content (AvgIpc) is 3.42. The Bertz CT molecular complexity index is 1410. The van der Waals surface area contributed by atoms with Gasteiger partial charge in [-0.1, -0.05) is 48.5 Å². The third-order valence-corrected chi connectivity index (χ3v) is 7.24. The first-order chi connectivity index (χ1) is 19.6. The van der Waals surface area contributed by atoms with Crippen molar-refractivity contribution in [2.45, 2.75) is 51.8 Å². The van der Waals surface area contributed by atoms with Gasteiger partial charge >= 0.3 is 18.2 Å². The fourth-order valence-corrected chi connectivity index (χ4v) is 5.36. The van der Waals surface area contributed by atoms with E-state index in [1.807, 2.05) is 45.0 Å². The van der Waals surface area contributed by atoms with Crippen molar-refractivity contribution >= 4 is 18.2 Å². The molecule has 2 amide bonds. The van der Waals surface area contributed by atoms with Gasteiger partial charge in [-0.2, -0.15) is 5.10 Å². The summed E-state index contributed by atoms with van der Waals surface area (Å²) in [4.78, 5) is 42.0. The Hall–Kier alpha value is -4.34. The lowest BCUT2D eigenvalue weighted by Gasteiger charge is -2.44. The number of aryl methyl sites for hydroxylation is 1. The number of benzene rings is 2. The summed E-state index contributed by atoms with van der Waals surface area (Å²) < 4.78 is 18.2. The van der Waals surface area contributed by atoms with Crippen LogP contribution >= 0.6 is 0 Å². The molecule has 0 bridgehead atoms. The molecule has 0 radical (unpaired) electrons. The minimum atomic E-state index is -0.626. The van der Waals surface area contributed by atoms with Gasteiger partial charge in [-0.3, -0.25) is 9.58 Å². The predicted molar refractivity (Wildman–Crippen MR) is 151 cm³/mol. The Morgan fingerprint density at radius 3 is 2.17 bits per heavy atom. The molecule has 41 heavy (non-hydrogen) atoms. The Labute approximate surface area is 239 Å². The molecule has 5 rings (SSSR count). The standard InChI is InChI=1S/C31H36N4O6/c1-6-39-28(36)27-20(15-33(5)32-27)16-35(21-17-34(18-21)29(37)41-31(2,3)4)30(38)40-19-26-24-13-9-7-11-22(24)23-12-8-10-14-25(23)26/h7-15,21,26H,6,16-19H2,1-5H3. The zero-order valence-corrected chi connectivity index (χ0v) is 24.1. The summed E-state index contributed by atoms with van der Waals surface area (Å²) in [5.41, 5.74) is 4.57. The Kier molecular flexibility index (Phi) is 7.75. The smallest absolute Gasteiger partial charge is 0.410 e. The highest BCUT2D eigenvalue weighted by atomic mass is 16.6. The summed E-state index contributed by atoms with van der Waals surface area (Å²) in [5, 5.41) is 4.27. The van der Waals surface area contributed by atoms with Gasteiger partial charge in [-0.25, -0.2) is 14.4 Å². The Morgan fingerprint density at radius 1 is 0.976 bits per heavy atom. The summed E-state index contributed by atoms with van der Waals surface area (Å²) in [7, 11) is 1.71. The van der Waals surface area contributed by atoms with Crippen LogP contribution in [0.15, 0.2) is 54.7 Å². The van der Waals surface area contributed by atoms with Gasteiger partial charge in [0, 0.05) is 37.8 Å². The van der Waals surface area contributed by atoms with E-state index < -0.39 is 23.8 Å². The maximum Gasteiger partial charge on any atom is 0.410 e. The lowest BCUT2D eigenvalue weighted by Crippen LogP contribution is -2.62. The van der Waals surface area contributed by atoms with Gasteiger partial charge < -0.3 is 19.1 Å². The van der Waals surface area contributed by atoms with Crippen molar-refractivity contribution in [2.75, 3.05) is 26.3 Å². The van der Waals surface area contributed by atoms with Crippen LogP contribution < -0.4 is 0 Å². The number of hydrogen-bond acceptors (Lipinski definition) is 7. The van der Waals surface area contributed by atoms with Gasteiger partial charge in [0.15, 0.2) is 5.69 Å². The lowest BCUT2D eigenvalue weighted by atomic mass is 9.98. The molecule has 0 saturated carbocycles. The van der Waals surface area contributed by atoms with Crippen molar-refractivity contribution in [2.24, 2.45) is 7.05 Å². The van der Waals surface area contributed by atoms with Gasteiger partial charge in [-0.05, 0) is 49.9 Å². The van der Waals surface area contributed by atoms with Crippen LogP contribution in [0.5, 0.6) is 0 Å². The van der Waals surface area contributed by atoms with E-state index in [1.54, 1.807) is 30.0 Å². The third kappa shape index (κ3) is 5.91. The van der Waals surface area contributed by atoms with Gasteiger partial charge in [-0.15, -0.1) is 0 Å². The van der Waals surface area contributed by atoms with Gasteiger partial charge in [0.1, 0.15) is 12.2 Å². The molecule has 10 heteroatoms. The molecule has 1 fully saturated rings. The van der Waals surface area contributed by atoms with E-state index in [0.29, 0.717) is 5.56 Å². The quantitative estimate of drug-likeness (QED) is 0.297. The number of carbonyl (C=O) groups is 3. The summed E-state index contributed by atoms with van der Waals surface area (Å²) in [6, 6.07) is 16.0. The van der Waals surface area contributed by atoms with E-state index in [-0.39, 0.29) is 50.5 Å². The van der Waals surface area contributed by atoms with Crippen molar-refractivity contribution in [3.05, 3.63) is 77.1 Å². The summed E-state index contributed by atoms with van der Waals surface area (Å²) in [5.74, 6) is -0.652. The SMILES string of the molecule is CCOC(=O)c1nn(C)cc1CN(C(=O)OCC1c2ccccc2-c2ccccc21)C1CN(C(=O)OC(C)(C)C)C1. The molecule has 2 aliphatic rings. The summed E-state index contributed by atoms with van der Waals surface area (Å²) in [6.07, 6.45) is 0.731. The van der Waals surface area contributed by atoms with Gasteiger partial charge in [0.2, 0.25) is 0 Å². The van der Waals surface area contributed by atoms with Crippen LogP contribution in [0.25, 0.3) is 11.1 Å². The number of rotatable bonds is 7. The molecule has 0 spiro atoms. The number of nitrogens with zero attached hydrogens (tertiary/aromatic N) is 4. The molecule has 0 N–H and O–H groups in total. The van der Waals surface area contributed by atoms with Crippen molar-refractivity contribution in [1.82, 2.24) is 19.6 Å². The number of aromatic nitrogens is 2. The highest BCUT2D eigenvalue weighted by molar-refractivity contribution is 5.89. The summed E-state index contributed by atoms with van der Waals surface area (Å²) in [6.45, 7) is 8.16. The molecule has 1 aliphatic carbocycles. The minimum Gasteiger partial charge on any atom is -0.461 e. The first kappa shape index (κ1) is 28.2.